The Labute approximate surface area is 117 Å². The van der Waals surface area contributed by atoms with E-state index < -0.39 is 5.41 Å². The smallest absolute Gasteiger partial charge is 0.348 e. The molecule has 4 nitrogen and oxygen atoms in total. The highest BCUT2D eigenvalue weighted by molar-refractivity contribution is 7.14. The van der Waals surface area contributed by atoms with Gasteiger partial charge in [-0.1, -0.05) is 32.6 Å². The summed E-state index contributed by atoms with van der Waals surface area (Å²) in [5.74, 6) is 5.35. The average Bonchev–Trinajstić information content (AvgIpc) is 2.80. The Hall–Kier alpha value is -1.80. The molecule has 0 radical (unpaired) electrons. The van der Waals surface area contributed by atoms with Gasteiger partial charge < -0.3 is 10.1 Å². The summed E-state index contributed by atoms with van der Waals surface area (Å²) >= 11 is 1.27. The van der Waals surface area contributed by atoms with Crippen LogP contribution in [0, 0.1) is 17.3 Å². The fourth-order valence-corrected chi connectivity index (χ4v) is 1.94. The van der Waals surface area contributed by atoms with Crippen LogP contribution in [0.1, 0.15) is 35.3 Å². The summed E-state index contributed by atoms with van der Waals surface area (Å²) in [5, 5.41) is 2.73. The molecule has 0 aliphatic carbocycles. The molecule has 0 spiro atoms. The van der Waals surface area contributed by atoms with Gasteiger partial charge in [0.1, 0.15) is 4.88 Å². The van der Waals surface area contributed by atoms with Crippen LogP contribution in [0.4, 0.5) is 0 Å². The van der Waals surface area contributed by atoms with Crippen LogP contribution in [0.5, 0.6) is 0 Å². The van der Waals surface area contributed by atoms with E-state index in [0.29, 0.717) is 11.4 Å². The Bertz CT molecular complexity index is 529. The number of thiophene rings is 1. The van der Waals surface area contributed by atoms with Crippen molar-refractivity contribution in [3.8, 4) is 11.8 Å². The van der Waals surface area contributed by atoms with Crippen molar-refractivity contribution in [3.63, 3.8) is 0 Å². The molecule has 0 fully saturated rings. The lowest BCUT2D eigenvalue weighted by molar-refractivity contribution is -0.128. The van der Waals surface area contributed by atoms with E-state index in [2.05, 4.69) is 21.9 Å². The lowest BCUT2D eigenvalue weighted by Gasteiger charge is -2.15. The Morgan fingerprint density at radius 3 is 2.63 bits per heavy atom. The van der Waals surface area contributed by atoms with Crippen LogP contribution in [-0.2, 0) is 9.53 Å². The van der Waals surface area contributed by atoms with E-state index in [0.717, 1.165) is 4.88 Å². The van der Waals surface area contributed by atoms with Gasteiger partial charge in [0.2, 0.25) is 5.91 Å². The van der Waals surface area contributed by atoms with Gasteiger partial charge in [0.25, 0.3) is 0 Å². The van der Waals surface area contributed by atoms with Gasteiger partial charge in [-0.15, -0.1) is 11.3 Å². The molecule has 0 unspecified atom stereocenters. The predicted molar refractivity (Wildman–Crippen MR) is 75.0 cm³/mol. The van der Waals surface area contributed by atoms with Crippen LogP contribution < -0.4 is 5.32 Å². The zero-order valence-corrected chi connectivity index (χ0v) is 12.3. The summed E-state index contributed by atoms with van der Waals surface area (Å²) in [6, 6.07) is 3.43. The molecule has 0 aliphatic rings. The van der Waals surface area contributed by atoms with Crippen LogP contribution in [0.3, 0.4) is 0 Å². The molecule has 1 amide bonds. The SMILES string of the molecule is COC(=O)c1ccc(C#CCNC(=O)C(C)(C)C)s1. The summed E-state index contributed by atoms with van der Waals surface area (Å²) < 4.78 is 4.61. The molecule has 0 saturated heterocycles. The van der Waals surface area contributed by atoms with Crippen LogP contribution >= 0.6 is 11.3 Å². The molecule has 1 aromatic heterocycles. The largest absolute Gasteiger partial charge is 0.465 e. The summed E-state index contributed by atoms with van der Waals surface area (Å²) in [6.45, 7) is 5.83. The molecule has 1 N–H and O–H groups in total. The summed E-state index contributed by atoms with van der Waals surface area (Å²) in [4.78, 5) is 24.1. The number of nitrogens with one attached hydrogen (secondary N) is 1. The number of amides is 1. The highest BCUT2D eigenvalue weighted by Gasteiger charge is 2.19. The van der Waals surface area contributed by atoms with Crippen molar-refractivity contribution in [1.29, 1.82) is 0 Å². The third-order valence-corrected chi connectivity index (χ3v) is 3.20. The van der Waals surface area contributed by atoms with Crippen LogP contribution in [0.25, 0.3) is 0 Å². The van der Waals surface area contributed by atoms with Crippen LogP contribution in [-0.4, -0.2) is 25.5 Å². The van der Waals surface area contributed by atoms with Crippen molar-refractivity contribution in [2.24, 2.45) is 5.41 Å². The topological polar surface area (TPSA) is 55.4 Å². The first-order chi connectivity index (χ1) is 8.84. The molecule has 0 saturated carbocycles. The number of carbonyl (C=O) groups excluding carboxylic acids is 2. The molecule has 0 aromatic carbocycles. The number of carbonyl (C=O) groups is 2. The third-order valence-electron chi connectivity index (χ3n) is 2.22. The lowest BCUT2D eigenvalue weighted by Crippen LogP contribution is -2.34. The molecule has 102 valence electrons. The minimum Gasteiger partial charge on any atom is -0.465 e. The maximum Gasteiger partial charge on any atom is 0.348 e. The maximum atomic E-state index is 11.6. The number of methoxy groups -OCH3 is 1. The normalized spacial score (nSPS) is 10.3. The first-order valence-electron chi connectivity index (χ1n) is 5.80. The molecular weight excluding hydrogens is 262 g/mol. The Kier molecular flexibility index (Phi) is 5.13. The van der Waals surface area contributed by atoms with E-state index in [1.54, 1.807) is 12.1 Å². The first kappa shape index (κ1) is 15.3. The molecule has 5 heteroatoms. The van der Waals surface area contributed by atoms with E-state index in [1.807, 2.05) is 20.8 Å². The van der Waals surface area contributed by atoms with Gasteiger partial charge in [-0.25, -0.2) is 4.79 Å². The molecule has 0 aliphatic heterocycles. The summed E-state index contributed by atoms with van der Waals surface area (Å²) in [7, 11) is 1.34. The van der Waals surface area contributed by atoms with Crippen molar-refractivity contribution in [1.82, 2.24) is 5.32 Å². The molecule has 1 aromatic rings. The van der Waals surface area contributed by atoms with E-state index in [1.165, 1.54) is 18.4 Å². The zero-order valence-electron chi connectivity index (χ0n) is 11.5. The molecule has 0 bridgehead atoms. The van der Waals surface area contributed by atoms with Crippen molar-refractivity contribution >= 4 is 23.2 Å². The Morgan fingerprint density at radius 2 is 2.05 bits per heavy atom. The van der Waals surface area contributed by atoms with Crippen LogP contribution in [0.15, 0.2) is 12.1 Å². The average molecular weight is 279 g/mol. The lowest BCUT2D eigenvalue weighted by atomic mass is 9.96. The monoisotopic (exact) mass is 279 g/mol. The summed E-state index contributed by atoms with van der Waals surface area (Å²) in [5.41, 5.74) is -0.414. The molecule has 0 atom stereocenters. The van der Waals surface area contributed by atoms with Crippen molar-refractivity contribution in [2.75, 3.05) is 13.7 Å². The Balaban J connectivity index is 2.53. The van der Waals surface area contributed by atoms with Crippen molar-refractivity contribution < 1.29 is 14.3 Å². The molecule has 1 heterocycles. The van der Waals surface area contributed by atoms with Gasteiger partial charge in [-0.3, -0.25) is 4.79 Å². The second kappa shape index (κ2) is 6.39. The molecule has 19 heavy (non-hydrogen) atoms. The first-order valence-corrected chi connectivity index (χ1v) is 6.61. The number of hydrogen-bond donors (Lipinski definition) is 1. The minimum absolute atomic E-state index is 0.0387. The van der Waals surface area contributed by atoms with Gasteiger partial charge >= 0.3 is 5.97 Å². The highest BCUT2D eigenvalue weighted by atomic mass is 32.1. The van der Waals surface area contributed by atoms with Crippen molar-refractivity contribution in [2.45, 2.75) is 20.8 Å². The van der Waals surface area contributed by atoms with Gasteiger partial charge in [-0.05, 0) is 12.1 Å². The fourth-order valence-electron chi connectivity index (χ4n) is 1.14. The van der Waals surface area contributed by atoms with E-state index >= 15 is 0 Å². The Morgan fingerprint density at radius 1 is 1.37 bits per heavy atom. The molecule has 1 rings (SSSR count). The predicted octanol–water partition coefficient (Wildman–Crippen LogP) is 2.05. The minimum atomic E-state index is -0.414. The van der Waals surface area contributed by atoms with Crippen LogP contribution in [0.2, 0.25) is 0 Å². The standard InChI is InChI=1S/C14H17NO3S/c1-14(2,3)13(17)15-9-5-6-10-7-8-11(19-10)12(16)18-4/h7-8H,9H2,1-4H3,(H,15,17). The van der Waals surface area contributed by atoms with Gasteiger partial charge in [0.15, 0.2) is 0 Å². The van der Waals surface area contributed by atoms with E-state index in [-0.39, 0.29) is 11.9 Å². The quantitative estimate of drug-likeness (QED) is 0.666. The second-order valence-corrected chi connectivity index (χ2v) is 5.97. The van der Waals surface area contributed by atoms with E-state index in [9.17, 15) is 9.59 Å². The van der Waals surface area contributed by atoms with Crippen molar-refractivity contribution in [3.05, 3.63) is 21.9 Å². The van der Waals surface area contributed by atoms with Gasteiger partial charge in [0, 0.05) is 5.41 Å². The number of esters is 1. The second-order valence-electron chi connectivity index (χ2n) is 4.89. The fraction of sp³-hybridized carbons (Fsp3) is 0.429. The number of hydrogen-bond acceptors (Lipinski definition) is 4. The highest BCUT2D eigenvalue weighted by Crippen LogP contribution is 2.16. The molecular formula is C14H17NO3S. The third kappa shape index (κ3) is 4.76. The maximum absolute atomic E-state index is 11.6. The summed E-state index contributed by atoms with van der Waals surface area (Å²) in [6.07, 6.45) is 0. The van der Waals surface area contributed by atoms with Gasteiger partial charge in [0.05, 0.1) is 18.5 Å². The van der Waals surface area contributed by atoms with E-state index in [4.69, 9.17) is 0 Å². The van der Waals surface area contributed by atoms with Gasteiger partial charge in [-0.2, -0.15) is 0 Å². The number of ether oxygens (including phenoxy) is 1. The zero-order chi connectivity index (χ0) is 14.5. The number of rotatable bonds is 2.